The summed E-state index contributed by atoms with van der Waals surface area (Å²) in [6, 6.07) is 0. The molecule has 1 N–H and O–H groups in total. The maximum Gasteiger partial charge on any atom is 0.0769 e. The third-order valence-corrected chi connectivity index (χ3v) is 3.58. The van der Waals surface area contributed by atoms with Crippen LogP contribution in [0.1, 0.15) is 19.8 Å². The summed E-state index contributed by atoms with van der Waals surface area (Å²) in [4.78, 5) is -0.387. The third kappa shape index (κ3) is 0.875. The molecule has 1 saturated carbocycles. The molecule has 0 aromatic heterocycles. The van der Waals surface area contributed by atoms with E-state index in [4.69, 9.17) is 11.6 Å². The minimum atomic E-state index is -0.387. The van der Waals surface area contributed by atoms with Crippen molar-refractivity contribution in [2.24, 2.45) is 11.8 Å². The molecule has 11 heavy (non-hydrogen) atoms. The van der Waals surface area contributed by atoms with Crippen LogP contribution in [0, 0.1) is 11.8 Å². The molecule has 0 spiro atoms. The van der Waals surface area contributed by atoms with Crippen LogP contribution < -0.4 is 0 Å². The standard InChI is InChI=1S/C9H13ClO/c1-9(10)7-5-3-2-4-6(7)8(9)11/h3,5-8,11H,2,4H2,1H3. The molecule has 2 aliphatic carbocycles. The number of fused-ring (bicyclic) bond motifs is 1. The van der Waals surface area contributed by atoms with Crippen LogP contribution in [0.5, 0.6) is 0 Å². The number of hydrogen-bond acceptors (Lipinski definition) is 1. The van der Waals surface area contributed by atoms with Crippen molar-refractivity contribution in [2.45, 2.75) is 30.7 Å². The normalized spacial score (nSPS) is 55.0. The average molecular weight is 173 g/mol. The summed E-state index contributed by atoms with van der Waals surface area (Å²) in [5.74, 6) is 0.843. The van der Waals surface area contributed by atoms with E-state index in [1.165, 1.54) is 0 Å². The van der Waals surface area contributed by atoms with Crippen molar-refractivity contribution < 1.29 is 5.11 Å². The van der Waals surface area contributed by atoms with Crippen molar-refractivity contribution >= 4 is 11.6 Å². The van der Waals surface area contributed by atoms with Gasteiger partial charge in [-0.1, -0.05) is 12.2 Å². The van der Waals surface area contributed by atoms with E-state index in [1.54, 1.807) is 0 Å². The van der Waals surface area contributed by atoms with Gasteiger partial charge in [-0.25, -0.2) is 0 Å². The van der Waals surface area contributed by atoms with Gasteiger partial charge < -0.3 is 5.11 Å². The average Bonchev–Trinajstić information content (AvgIpc) is 2.04. The molecule has 0 radical (unpaired) electrons. The number of aliphatic hydroxyl groups is 1. The highest BCUT2D eigenvalue weighted by Gasteiger charge is 2.56. The Bertz CT molecular complexity index is 198. The van der Waals surface area contributed by atoms with Gasteiger partial charge in [-0.15, -0.1) is 11.6 Å². The molecule has 0 aromatic rings. The lowest BCUT2D eigenvalue weighted by atomic mass is 9.59. The van der Waals surface area contributed by atoms with E-state index in [1.807, 2.05) is 6.92 Å². The monoisotopic (exact) mass is 172 g/mol. The van der Waals surface area contributed by atoms with Crippen LogP contribution in [-0.2, 0) is 0 Å². The molecule has 62 valence electrons. The van der Waals surface area contributed by atoms with Gasteiger partial charge in [0.15, 0.2) is 0 Å². The van der Waals surface area contributed by atoms with E-state index in [0.717, 1.165) is 12.8 Å². The molecule has 2 aliphatic rings. The van der Waals surface area contributed by atoms with Gasteiger partial charge >= 0.3 is 0 Å². The molecule has 1 nitrogen and oxygen atoms in total. The highest BCUT2D eigenvalue weighted by Crippen LogP contribution is 2.52. The molecule has 0 bridgehead atoms. The highest BCUT2D eigenvalue weighted by molar-refractivity contribution is 6.25. The summed E-state index contributed by atoms with van der Waals surface area (Å²) in [7, 11) is 0. The predicted molar refractivity (Wildman–Crippen MR) is 45.6 cm³/mol. The number of aliphatic hydroxyl groups excluding tert-OH is 1. The Morgan fingerprint density at radius 3 is 3.00 bits per heavy atom. The van der Waals surface area contributed by atoms with E-state index < -0.39 is 0 Å². The van der Waals surface area contributed by atoms with Crippen LogP contribution in [-0.4, -0.2) is 16.1 Å². The summed E-state index contributed by atoms with van der Waals surface area (Å²) in [6.45, 7) is 1.93. The zero-order valence-electron chi connectivity index (χ0n) is 6.63. The van der Waals surface area contributed by atoms with E-state index in [2.05, 4.69) is 12.2 Å². The molecule has 4 atom stereocenters. The fourth-order valence-corrected chi connectivity index (χ4v) is 2.71. The van der Waals surface area contributed by atoms with E-state index >= 15 is 0 Å². The molecule has 0 amide bonds. The van der Waals surface area contributed by atoms with Gasteiger partial charge in [0.2, 0.25) is 0 Å². The second kappa shape index (κ2) is 2.24. The summed E-state index contributed by atoms with van der Waals surface area (Å²) in [5, 5.41) is 9.61. The van der Waals surface area contributed by atoms with Crippen molar-refractivity contribution in [3.05, 3.63) is 12.2 Å². The molecular weight excluding hydrogens is 160 g/mol. The summed E-state index contributed by atoms with van der Waals surface area (Å²) < 4.78 is 0. The number of halogens is 1. The van der Waals surface area contributed by atoms with Crippen LogP contribution in [0.4, 0.5) is 0 Å². The Morgan fingerprint density at radius 2 is 2.36 bits per heavy atom. The van der Waals surface area contributed by atoms with Crippen LogP contribution in [0.3, 0.4) is 0 Å². The smallest absolute Gasteiger partial charge is 0.0769 e. The number of alkyl halides is 1. The number of hydrogen-bond donors (Lipinski definition) is 1. The zero-order valence-corrected chi connectivity index (χ0v) is 7.38. The van der Waals surface area contributed by atoms with Crippen molar-refractivity contribution in [3.8, 4) is 0 Å². The second-order valence-corrected chi connectivity index (χ2v) is 4.61. The Morgan fingerprint density at radius 1 is 1.64 bits per heavy atom. The number of allylic oxidation sites excluding steroid dienone is 2. The molecule has 0 heterocycles. The Balaban J connectivity index is 2.20. The lowest BCUT2D eigenvalue weighted by Gasteiger charge is -2.54. The van der Waals surface area contributed by atoms with Gasteiger partial charge in [-0.2, -0.15) is 0 Å². The van der Waals surface area contributed by atoms with Gasteiger partial charge in [0, 0.05) is 5.92 Å². The summed E-state index contributed by atoms with van der Waals surface area (Å²) >= 11 is 6.13. The van der Waals surface area contributed by atoms with Crippen molar-refractivity contribution in [1.82, 2.24) is 0 Å². The highest BCUT2D eigenvalue weighted by atomic mass is 35.5. The van der Waals surface area contributed by atoms with Crippen molar-refractivity contribution in [2.75, 3.05) is 0 Å². The molecule has 2 heteroatoms. The first-order valence-electron chi connectivity index (χ1n) is 4.17. The first-order valence-corrected chi connectivity index (χ1v) is 4.55. The Labute approximate surface area is 72.1 Å². The molecule has 2 rings (SSSR count). The third-order valence-electron chi connectivity index (χ3n) is 3.11. The second-order valence-electron chi connectivity index (χ2n) is 3.79. The lowest BCUT2D eigenvalue weighted by molar-refractivity contribution is -0.0600. The van der Waals surface area contributed by atoms with Gasteiger partial charge in [0.25, 0.3) is 0 Å². The molecular formula is C9H13ClO. The fraction of sp³-hybridized carbons (Fsp3) is 0.778. The van der Waals surface area contributed by atoms with E-state index in [9.17, 15) is 5.11 Å². The molecule has 0 saturated heterocycles. The quantitative estimate of drug-likeness (QED) is 0.438. The van der Waals surface area contributed by atoms with Crippen LogP contribution >= 0.6 is 11.6 Å². The maximum absolute atomic E-state index is 9.61. The first kappa shape index (κ1) is 7.63. The largest absolute Gasteiger partial charge is 0.391 e. The van der Waals surface area contributed by atoms with Crippen molar-refractivity contribution in [1.29, 1.82) is 0 Å². The molecule has 0 aromatic carbocycles. The topological polar surface area (TPSA) is 20.2 Å². The molecule has 4 unspecified atom stereocenters. The zero-order chi connectivity index (χ0) is 8.06. The molecule has 1 fully saturated rings. The van der Waals surface area contributed by atoms with Crippen LogP contribution in [0.25, 0.3) is 0 Å². The van der Waals surface area contributed by atoms with Gasteiger partial charge in [0.05, 0.1) is 11.0 Å². The summed E-state index contributed by atoms with van der Waals surface area (Å²) in [5.41, 5.74) is 0. The number of rotatable bonds is 0. The van der Waals surface area contributed by atoms with Crippen LogP contribution in [0.2, 0.25) is 0 Å². The SMILES string of the molecule is CC1(Cl)C(O)C2CCC=CC21. The van der Waals surface area contributed by atoms with Crippen molar-refractivity contribution in [3.63, 3.8) is 0 Å². The minimum absolute atomic E-state index is 0.292. The fourth-order valence-electron chi connectivity index (χ4n) is 2.31. The van der Waals surface area contributed by atoms with E-state index in [0.29, 0.717) is 11.8 Å². The Kier molecular flexibility index (Phi) is 1.55. The minimum Gasteiger partial charge on any atom is -0.391 e. The molecule has 0 aliphatic heterocycles. The van der Waals surface area contributed by atoms with E-state index in [-0.39, 0.29) is 11.0 Å². The van der Waals surface area contributed by atoms with Crippen LogP contribution in [0.15, 0.2) is 12.2 Å². The first-order chi connectivity index (χ1) is 5.14. The van der Waals surface area contributed by atoms with Gasteiger partial charge in [-0.3, -0.25) is 0 Å². The van der Waals surface area contributed by atoms with Gasteiger partial charge in [-0.05, 0) is 25.7 Å². The lowest BCUT2D eigenvalue weighted by Crippen LogP contribution is -2.61. The Hall–Kier alpha value is -0.0100. The van der Waals surface area contributed by atoms with Gasteiger partial charge in [0.1, 0.15) is 0 Å². The summed E-state index contributed by atoms with van der Waals surface area (Å²) in [6.07, 6.45) is 6.25. The predicted octanol–water partition coefficient (Wildman–Crippen LogP) is 1.94. The maximum atomic E-state index is 9.61.